The van der Waals surface area contributed by atoms with E-state index in [4.69, 9.17) is 15.6 Å². The highest BCUT2D eigenvalue weighted by Crippen LogP contribution is 2.31. The van der Waals surface area contributed by atoms with Gasteiger partial charge in [0.2, 0.25) is 0 Å². The quantitative estimate of drug-likeness (QED) is 0.828. The van der Waals surface area contributed by atoms with Crippen molar-refractivity contribution in [1.82, 2.24) is 9.88 Å². The smallest absolute Gasteiger partial charge is 0.419 e. The molecular weight excluding hydrogens is 375 g/mol. The molecule has 0 aliphatic carbocycles. The van der Waals surface area contributed by atoms with Crippen molar-refractivity contribution in [3.63, 3.8) is 0 Å². The molecule has 9 heteroatoms. The highest BCUT2D eigenvalue weighted by molar-refractivity contribution is 5.78. The van der Waals surface area contributed by atoms with Crippen molar-refractivity contribution in [3.8, 4) is 5.75 Å². The van der Waals surface area contributed by atoms with Gasteiger partial charge in [0.25, 0.3) is 5.91 Å². The van der Waals surface area contributed by atoms with E-state index in [9.17, 15) is 18.0 Å². The summed E-state index contributed by atoms with van der Waals surface area (Å²) in [5.74, 6) is 0.225. The van der Waals surface area contributed by atoms with Crippen molar-refractivity contribution in [1.29, 1.82) is 0 Å². The number of halogens is 3. The fraction of sp³-hybridized carbons (Fsp3) is 0.368. The number of aliphatic hydroxyl groups excluding tert-OH is 1. The van der Waals surface area contributed by atoms with Crippen molar-refractivity contribution in [2.45, 2.75) is 25.6 Å². The molecule has 0 atom stereocenters. The van der Waals surface area contributed by atoms with Crippen molar-refractivity contribution >= 4 is 11.7 Å². The number of anilines is 1. The standard InChI is InChI=1S/C13H17NO3.C6H5F3N2/c15-9-11-3-5-12(6-4-11)17-10-13(16)14-7-1-2-8-14;7-6(8,9)4-2-1-3-11-5(4)10/h3-6,15H,1-2,7-10H2;1-3H,(H2,10,11). The number of benzene rings is 1. The van der Waals surface area contributed by atoms with E-state index in [0.717, 1.165) is 37.6 Å². The number of nitrogens with zero attached hydrogens (tertiary/aromatic N) is 2. The molecule has 1 fully saturated rings. The molecule has 152 valence electrons. The number of pyridine rings is 1. The summed E-state index contributed by atoms with van der Waals surface area (Å²) in [6.45, 7) is 1.82. The average Bonchev–Trinajstić information content (AvgIpc) is 3.21. The third kappa shape index (κ3) is 6.41. The topological polar surface area (TPSA) is 88.7 Å². The van der Waals surface area contributed by atoms with Crippen LogP contribution in [0.2, 0.25) is 0 Å². The van der Waals surface area contributed by atoms with E-state index < -0.39 is 17.6 Å². The summed E-state index contributed by atoms with van der Waals surface area (Å²) in [5, 5.41) is 8.89. The predicted octanol–water partition coefficient (Wildman–Crippen LogP) is 2.86. The zero-order chi connectivity index (χ0) is 20.6. The zero-order valence-corrected chi connectivity index (χ0v) is 15.2. The van der Waals surface area contributed by atoms with Crippen LogP contribution in [0.5, 0.6) is 5.75 Å². The Morgan fingerprint density at radius 2 is 1.82 bits per heavy atom. The molecule has 1 aromatic heterocycles. The minimum absolute atomic E-state index is 0.0208. The fourth-order valence-electron chi connectivity index (χ4n) is 2.55. The minimum atomic E-state index is -4.40. The van der Waals surface area contributed by atoms with Gasteiger partial charge in [-0.3, -0.25) is 4.79 Å². The minimum Gasteiger partial charge on any atom is -0.484 e. The molecule has 0 radical (unpaired) electrons. The summed E-state index contributed by atoms with van der Waals surface area (Å²) >= 11 is 0. The van der Waals surface area contributed by atoms with Crippen LogP contribution in [-0.4, -0.2) is 40.6 Å². The molecule has 0 spiro atoms. The lowest BCUT2D eigenvalue weighted by Crippen LogP contribution is -2.32. The number of rotatable bonds is 4. The molecule has 2 heterocycles. The van der Waals surface area contributed by atoms with Gasteiger partial charge in [-0.05, 0) is 42.7 Å². The lowest BCUT2D eigenvalue weighted by molar-refractivity contribution is -0.137. The summed E-state index contributed by atoms with van der Waals surface area (Å²) in [7, 11) is 0. The summed E-state index contributed by atoms with van der Waals surface area (Å²) < 4.78 is 41.2. The van der Waals surface area contributed by atoms with E-state index >= 15 is 0 Å². The third-order valence-corrected chi connectivity index (χ3v) is 4.07. The number of nitrogen functional groups attached to an aromatic ring is 1. The van der Waals surface area contributed by atoms with E-state index in [0.29, 0.717) is 5.75 Å². The van der Waals surface area contributed by atoms with E-state index in [1.165, 1.54) is 12.3 Å². The Labute approximate surface area is 160 Å². The number of hydrogen-bond donors (Lipinski definition) is 2. The molecule has 3 rings (SSSR count). The summed E-state index contributed by atoms with van der Waals surface area (Å²) in [4.78, 5) is 16.8. The van der Waals surface area contributed by atoms with E-state index in [2.05, 4.69) is 4.98 Å². The van der Waals surface area contributed by atoms with Crippen LogP contribution < -0.4 is 10.5 Å². The maximum absolute atomic E-state index is 11.9. The van der Waals surface area contributed by atoms with Gasteiger partial charge in [-0.15, -0.1) is 0 Å². The van der Waals surface area contributed by atoms with Crippen LogP contribution >= 0.6 is 0 Å². The van der Waals surface area contributed by atoms with E-state index in [-0.39, 0.29) is 19.1 Å². The van der Waals surface area contributed by atoms with Crippen LogP contribution in [0.1, 0.15) is 24.0 Å². The number of aromatic nitrogens is 1. The summed E-state index contributed by atoms with van der Waals surface area (Å²) in [6, 6.07) is 9.19. The van der Waals surface area contributed by atoms with Gasteiger partial charge in [0.15, 0.2) is 6.61 Å². The number of aliphatic hydroxyl groups is 1. The van der Waals surface area contributed by atoms with Crippen LogP contribution in [0.4, 0.5) is 19.0 Å². The first-order chi connectivity index (χ1) is 13.3. The van der Waals surface area contributed by atoms with Gasteiger partial charge in [0.1, 0.15) is 11.6 Å². The molecule has 28 heavy (non-hydrogen) atoms. The molecule has 0 unspecified atom stereocenters. The van der Waals surface area contributed by atoms with E-state index in [1.54, 1.807) is 24.3 Å². The van der Waals surface area contributed by atoms with Gasteiger partial charge in [0.05, 0.1) is 12.2 Å². The maximum atomic E-state index is 11.9. The Kier molecular flexibility index (Phi) is 7.62. The number of amides is 1. The molecule has 1 amide bonds. The Morgan fingerprint density at radius 1 is 1.18 bits per heavy atom. The zero-order valence-electron chi connectivity index (χ0n) is 15.2. The molecule has 1 aliphatic rings. The Bertz CT molecular complexity index is 761. The number of ether oxygens (including phenoxy) is 1. The molecule has 1 aromatic carbocycles. The van der Waals surface area contributed by atoms with Crippen LogP contribution in [-0.2, 0) is 17.6 Å². The highest BCUT2D eigenvalue weighted by atomic mass is 19.4. The molecule has 3 N–H and O–H groups in total. The second kappa shape index (κ2) is 9.93. The first-order valence-electron chi connectivity index (χ1n) is 8.69. The van der Waals surface area contributed by atoms with Crippen molar-refractivity contribution in [2.75, 3.05) is 25.4 Å². The Morgan fingerprint density at radius 3 is 2.32 bits per heavy atom. The van der Waals surface area contributed by atoms with Crippen molar-refractivity contribution in [3.05, 3.63) is 53.7 Å². The number of carbonyl (C=O) groups is 1. The third-order valence-electron chi connectivity index (χ3n) is 4.07. The Balaban J connectivity index is 0.000000221. The van der Waals surface area contributed by atoms with Gasteiger partial charge in [-0.25, -0.2) is 4.98 Å². The highest BCUT2D eigenvalue weighted by Gasteiger charge is 2.33. The second-order valence-electron chi connectivity index (χ2n) is 6.11. The van der Waals surface area contributed by atoms with E-state index in [1.807, 2.05) is 4.90 Å². The Hall–Kier alpha value is -2.81. The summed E-state index contributed by atoms with van der Waals surface area (Å²) in [6.07, 6.45) is -1.00. The first kappa shape index (κ1) is 21.5. The van der Waals surface area contributed by atoms with Gasteiger partial charge in [-0.1, -0.05) is 12.1 Å². The number of alkyl halides is 3. The average molecular weight is 397 g/mol. The molecule has 2 aromatic rings. The molecule has 1 saturated heterocycles. The van der Waals surface area contributed by atoms with Crippen LogP contribution in [0.15, 0.2) is 42.6 Å². The lowest BCUT2D eigenvalue weighted by atomic mass is 10.2. The molecule has 1 aliphatic heterocycles. The maximum Gasteiger partial charge on any atom is 0.419 e. The van der Waals surface area contributed by atoms with Gasteiger partial charge in [0, 0.05) is 19.3 Å². The number of hydrogen-bond acceptors (Lipinski definition) is 5. The normalized spacial score (nSPS) is 13.6. The number of likely N-dealkylation sites (tertiary alicyclic amines) is 1. The first-order valence-corrected chi connectivity index (χ1v) is 8.69. The number of carbonyl (C=O) groups excluding carboxylic acids is 1. The van der Waals surface area contributed by atoms with Crippen LogP contribution in [0, 0.1) is 0 Å². The monoisotopic (exact) mass is 397 g/mol. The lowest BCUT2D eigenvalue weighted by Gasteiger charge is -2.15. The largest absolute Gasteiger partial charge is 0.484 e. The van der Waals surface area contributed by atoms with Crippen molar-refractivity contribution in [2.24, 2.45) is 0 Å². The fourth-order valence-corrected chi connectivity index (χ4v) is 2.55. The predicted molar refractivity (Wildman–Crippen MR) is 97.3 cm³/mol. The number of nitrogens with two attached hydrogens (primary N) is 1. The van der Waals surface area contributed by atoms with Gasteiger partial charge in [-0.2, -0.15) is 13.2 Å². The molecule has 6 nitrogen and oxygen atoms in total. The van der Waals surface area contributed by atoms with Crippen LogP contribution in [0.3, 0.4) is 0 Å². The SMILES string of the molecule is Nc1ncccc1C(F)(F)F.O=C(COc1ccc(CO)cc1)N1CCCC1. The second-order valence-corrected chi connectivity index (χ2v) is 6.11. The van der Waals surface area contributed by atoms with Crippen LogP contribution in [0.25, 0.3) is 0 Å². The van der Waals surface area contributed by atoms with Gasteiger partial charge < -0.3 is 20.5 Å². The molecule has 0 bridgehead atoms. The van der Waals surface area contributed by atoms with Gasteiger partial charge >= 0.3 is 6.18 Å². The summed E-state index contributed by atoms with van der Waals surface area (Å²) in [5.41, 5.74) is 4.92. The van der Waals surface area contributed by atoms with Crippen molar-refractivity contribution < 1.29 is 27.8 Å². The molecule has 0 saturated carbocycles. The molecular formula is C19H22F3N3O3.